The topological polar surface area (TPSA) is 113 Å². The first-order valence-corrected chi connectivity index (χ1v) is 10.8. The van der Waals surface area contributed by atoms with Gasteiger partial charge in [-0.1, -0.05) is 12.1 Å². The lowest BCUT2D eigenvalue weighted by Gasteiger charge is -2.23. The number of aromatic nitrogens is 4. The zero-order chi connectivity index (χ0) is 25.3. The molecule has 1 aliphatic heterocycles. The Morgan fingerprint density at radius 1 is 1.14 bits per heavy atom. The summed E-state index contributed by atoms with van der Waals surface area (Å²) in [5.74, 6) is 0.899. The monoisotopic (exact) mass is 488 g/mol. The highest BCUT2D eigenvalue weighted by atomic mass is 19.4. The van der Waals surface area contributed by atoms with Gasteiger partial charge in [0.05, 0.1) is 17.7 Å². The van der Waals surface area contributed by atoms with Gasteiger partial charge in [-0.3, -0.25) is 4.90 Å². The summed E-state index contributed by atoms with van der Waals surface area (Å²) < 4.78 is 44.1. The van der Waals surface area contributed by atoms with Crippen molar-refractivity contribution < 1.29 is 27.8 Å². The molecule has 1 amide bonds. The average molecular weight is 488 g/mol. The predicted octanol–water partition coefficient (Wildman–Crippen LogP) is 4.14. The maximum atomic E-state index is 13.0. The van der Waals surface area contributed by atoms with E-state index >= 15 is 0 Å². The number of rotatable bonds is 6. The summed E-state index contributed by atoms with van der Waals surface area (Å²) in [5.41, 5.74) is 0.586. The highest BCUT2D eigenvalue weighted by Gasteiger charge is 2.38. The second kappa shape index (κ2) is 9.45. The third-order valence-electron chi connectivity index (χ3n) is 5.62. The molecule has 35 heavy (non-hydrogen) atoms. The third-order valence-corrected chi connectivity index (χ3v) is 5.62. The Bertz CT molecular complexity index is 1220. The molecule has 0 bridgehead atoms. The van der Waals surface area contributed by atoms with Gasteiger partial charge < -0.3 is 15.2 Å². The number of carbonyl (C=O) groups is 1. The van der Waals surface area contributed by atoms with Crippen LogP contribution in [-0.2, 0) is 10.9 Å². The molecular weight excluding hydrogens is 465 g/mol. The molecule has 2 N–H and O–H groups in total. The Kier molecular flexibility index (Phi) is 6.57. The van der Waals surface area contributed by atoms with E-state index in [0.717, 1.165) is 6.07 Å². The van der Waals surface area contributed by atoms with Crippen LogP contribution in [0.2, 0.25) is 0 Å². The number of hydrogen-bond donors (Lipinski definition) is 2. The van der Waals surface area contributed by atoms with Crippen molar-refractivity contribution in [2.24, 2.45) is 0 Å². The number of aryl methyl sites for hydroxylation is 1. The summed E-state index contributed by atoms with van der Waals surface area (Å²) in [6, 6.07) is 4.44. The van der Waals surface area contributed by atoms with E-state index in [2.05, 4.69) is 25.3 Å². The van der Waals surface area contributed by atoms with Crippen LogP contribution in [0.3, 0.4) is 0 Å². The van der Waals surface area contributed by atoms with Gasteiger partial charge in [0, 0.05) is 24.2 Å². The van der Waals surface area contributed by atoms with Crippen molar-refractivity contribution in [1.82, 2.24) is 19.9 Å². The van der Waals surface area contributed by atoms with Crippen LogP contribution in [0.1, 0.15) is 36.8 Å². The van der Waals surface area contributed by atoms with E-state index in [1.807, 2.05) is 0 Å². The molecule has 3 aromatic rings. The first-order chi connectivity index (χ1) is 16.5. The fourth-order valence-electron chi connectivity index (χ4n) is 3.74. The van der Waals surface area contributed by atoms with Crippen LogP contribution in [0.25, 0.3) is 11.1 Å². The summed E-state index contributed by atoms with van der Waals surface area (Å²) in [7, 11) is 0. The van der Waals surface area contributed by atoms with Gasteiger partial charge in [-0.2, -0.15) is 18.2 Å². The van der Waals surface area contributed by atoms with Gasteiger partial charge in [-0.15, -0.1) is 0 Å². The highest BCUT2D eigenvalue weighted by Crippen LogP contribution is 2.34. The molecule has 1 aromatic carbocycles. The molecule has 3 atom stereocenters. The molecule has 2 aromatic heterocycles. The van der Waals surface area contributed by atoms with Gasteiger partial charge in [0.25, 0.3) is 0 Å². The molecule has 12 heteroatoms. The first kappa shape index (κ1) is 24.3. The number of aliphatic hydroxyl groups excluding tert-OH is 1. The molecule has 0 unspecified atom stereocenters. The number of nitrogens with zero attached hydrogens (tertiary/aromatic N) is 5. The molecule has 0 saturated carbocycles. The second-order valence-electron chi connectivity index (χ2n) is 8.22. The Morgan fingerprint density at radius 3 is 2.49 bits per heavy atom. The number of benzene rings is 1. The second-order valence-corrected chi connectivity index (χ2v) is 8.22. The maximum Gasteiger partial charge on any atom is 0.416 e. The average Bonchev–Trinajstić information content (AvgIpc) is 3.20. The Morgan fingerprint density at radius 2 is 1.86 bits per heavy atom. The maximum absolute atomic E-state index is 13.0. The van der Waals surface area contributed by atoms with Crippen LogP contribution in [0.15, 0.2) is 42.9 Å². The molecule has 4 rings (SSSR count). The van der Waals surface area contributed by atoms with E-state index < -0.39 is 36.0 Å². The number of cyclic esters (lactones) is 1. The Labute approximate surface area is 199 Å². The number of alkyl halides is 3. The van der Waals surface area contributed by atoms with Crippen LogP contribution >= 0.6 is 0 Å². The molecule has 0 spiro atoms. The number of hydrogen-bond acceptors (Lipinski definition) is 8. The van der Waals surface area contributed by atoms with Crippen LogP contribution < -0.4 is 10.2 Å². The standard InChI is InChI=1S/C23H23F3N6O3/c1-12-8-15(4-5-17(12)23(24,25)26)16-9-28-20(29-10-16)13(2)30-21-27-7-6-19(31-21)32-18(14(3)33)11-35-22(32)34/h4-10,13-14,18,33H,11H2,1-3H3,(H,27,30,31)/t13-,14-,18-/m1/s1. The lowest BCUT2D eigenvalue weighted by atomic mass is 10.0. The van der Waals surface area contributed by atoms with Crippen molar-refractivity contribution in [1.29, 1.82) is 0 Å². The quantitative estimate of drug-likeness (QED) is 0.532. The van der Waals surface area contributed by atoms with Gasteiger partial charge in [-0.25, -0.2) is 19.7 Å². The largest absolute Gasteiger partial charge is 0.447 e. The van der Waals surface area contributed by atoms with Crippen LogP contribution in [0.5, 0.6) is 0 Å². The van der Waals surface area contributed by atoms with Crippen molar-refractivity contribution in [3.63, 3.8) is 0 Å². The van der Waals surface area contributed by atoms with E-state index in [9.17, 15) is 23.1 Å². The molecule has 9 nitrogen and oxygen atoms in total. The SMILES string of the molecule is Cc1cc(-c2cnc([C@@H](C)Nc3nccc(N4C(=O)OC[C@@H]4[C@@H](C)O)n3)nc2)ccc1C(F)(F)F. The molecule has 0 radical (unpaired) electrons. The summed E-state index contributed by atoms with van der Waals surface area (Å²) in [4.78, 5) is 30.6. The smallest absolute Gasteiger partial charge is 0.416 e. The van der Waals surface area contributed by atoms with Gasteiger partial charge in [0.2, 0.25) is 5.95 Å². The van der Waals surface area contributed by atoms with Gasteiger partial charge >= 0.3 is 12.3 Å². The first-order valence-electron chi connectivity index (χ1n) is 10.8. The molecule has 1 fully saturated rings. The molecule has 1 saturated heterocycles. The molecular formula is C23H23F3N6O3. The molecule has 184 valence electrons. The minimum atomic E-state index is -4.41. The van der Waals surface area contributed by atoms with Crippen molar-refractivity contribution in [2.45, 2.75) is 45.1 Å². The number of carbonyl (C=O) groups excluding carboxylic acids is 1. The normalized spacial score (nSPS) is 17.7. The van der Waals surface area contributed by atoms with E-state index in [1.165, 1.54) is 48.6 Å². The number of anilines is 2. The number of ether oxygens (including phenoxy) is 1. The van der Waals surface area contributed by atoms with E-state index in [-0.39, 0.29) is 23.9 Å². The van der Waals surface area contributed by atoms with Gasteiger partial charge in [-0.05, 0) is 44.0 Å². The van der Waals surface area contributed by atoms with E-state index in [1.54, 1.807) is 13.8 Å². The zero-order valence-electron chi connectivity index (χ0n) is 19.1. The van der Waals surface area contributed by atoms with Crippen LogP contribution in [0, 0.1) is 6.92 Å². The van der Waals surface area contributed by atoms with Gasteiger partial charge in [0.15, 0.2) is 0 Å². The summed E-state index contributed by atoms with van der Waals surface area (Å²) >= 11 is 0. The number of nitrogens with one attached hydrogen (secondary N) is 1. The molecule has 3 heterocycles. The molecule has 1 aliphatic rings. The summed E-state index contributed by atoms with van der Waals surface area (Å²) in [6.45, 7) is 4.82. The predicted molar refractivity (Wildman–Crippen MR) is 121 cm³/mol. The minimum Gasteiger partial charge on any atom is -0.447 e. The number of aliphatic hydroxyl groups is 1. The highest BCUT2D eigenvalue weighted by molar-refractivity contribution is 5.89. The van der Waals surface area contributed by atoms with Crippen molar-refractivity contribution in [2.75, 3.05) is 16.8 Å². The Hall–Kier alpha value is -3.80. The Balaban J connectivity index is 1.49. The fourth-order valence-corrected chi connectivity index (χ4v) is 3.74. The number of halogens is 3. The van der Waals surface area contributed by atoms with E-state index in [4.69, 9.17) is 4.74 Å². The summed E-state index contributed by atoms with van der Waals surface area (Å²) in [5, 5.41) is 13.0. The third kappa shape index (κ3) is 5.16. The van der Waals surface area contributed by atoms with Crippen LogP contribution in [0.4, 0.5) is 29.7 Å². The molecule has 0 aliphatic carbocycles. The summed E-state index contributed by atoms with van der Waals surface area (Å²) in [6.07, 6.45) is -1.28. The lowest BCUT2D eigenvalue weighted by Crippen LogP contribution is -2.41. The fraction of sp³-hybridized carbons (Fsp3) is 0.348. The van der Waals surface area contributed by atoms with Crippen molar-refractivity contribution >= 4 is 17.9 Å². The van der Waals surface area contributed by atoms with Gasteiger partial charge in [0.1, 0.15) is 24.3 Å². The zero-order valence-corrected chi connectivity index (χ0v) is 19.1. The van der Waals surface area contributed by atoms with E-state index in [0.29, 0.717) is 17.0 Å². The minimum absolute atomic E-state index is 0.0539. The van der Waals surface area contributed by atoms with Crippen LogP contribution in [-0.4, -0.2) is 49.9 Å². The van der Waals surface area contributed by atoms with Crippen molar-refractivity contribution in [3.8, 4) is 11.1 Å². The lowest BCUT2D eigenvalue weighted by molar-refractivity contribution is -0.138. The van der Waals surface area contributed by atoms with Crippen molar-refractivity contribution in [3.05, 3.63) is 59.8 Å². The number of amides is 1.